The summed E-state index contributed by atoms with van der Waals surface area (Å²) < 4.78 is 5.18. The van der Waals surface area contributed by atoms with Crippen LogP contribution in [0.4, 0.5) is 0 Å². The summed E-state index contributed by atoms with van der Waals surface area (Å²) in [5, 5.41) is 0.479. The molecule has 1 fully saturated rings. The summed E-state index contributed by atoms with van der Waals surface area (Å²) in [4.78, 5) is 14.0. The molecule has 16 heavy (non-hydrogen) atoms. The number of methoxy groups -OCH3 is 1. The van der Waals surface area contributed by atoms with Crippen molar-refractivity contribution in [3.05, 3.63) is 28.8 Å². The van der Waals surface area contributed by atoms with Crippen LogP contribution in [0.15, 0.2) is 18.2 Å². The van der Waals surface area contributed by atoms with Crippen LogP contribution in [0.5, 0.6) is 5.75 Å². The molecule has 0 aromatic heterocycles. The smallest absolute Gasteiger partial charge is 0.257 e. The third-order valence-electron chi connectivity index (χ3n) is 2.79. The second-order valence-electron chi connectivity index (χ2n) is 3.82. The van der Waals surface area contributed by atoms with Crippen LogP contribution in [0.3, 0.4) is 0 Å². The van der Waals surface area contributed by atoms with Crippen molar-refractivity contribution in [2.24, 2.45) is 0 Å². The van der Waals surface area contributed by atoms with E-state index in [4.69, 9.17) is 16.3 Å². The van der Waals surface area contributed by atoms with E-state index in [2.05, 4.69) is 0 Å². The average Bonchev–Trinajstić information content (AvgIpc) is 2.81. The van der Waals surface area contributed by atoms with Gasteiger partial charge in [0, 0.05) is 13.1 Å². The van der Waals surface area contributed by atoms with Gasteiger partial charge < -0.3 is 9.64 Å². The summed E-state index contributed by atoms with van der Waals surface area (Å²) in [5.74, 6) is 0.484. The highest BCUT2D eigenvalue weighted by Gasteiger charge is 2.23. The molecule has 1 heterocycles. The van der Waals surface area contributed by atoms with Gasteiger partial charge in [0.2, 0.25) is 0 Å². The fraction of sp³-hybridized carbons (Fsp3) is 0.417. The van der Waals surface area contributed by atoms with Crippen molar-refractivity contribution in [1.29, 1.82) is 0 Å². The number of carbonyl (C=O) groups excluding carboxylic acids is 1. The average molecular weight is 240 g/mol. The van der Waals surface area contributed by atoms with E-state index in [1.165, 1.54) is 7.11 Å². The van der Waals surface area contributed by atoms with Gasteiger partial charge in [-0.25, -0.2) is 0 Å². The highest BCUT2D eigenvalue weighted by atomic mass is 35.5. The number of carbonyl (C=O) groups is 1. The standard InChI is InChI=1S/C12H14ClNO2/c1-16-11-9(5-4-6-10(11)13)12(15)14-7-2-3-8-14/h4-6H,2-3,7-8H2,1H3. The fourth-order valence-corrected chi connectivity index (χ4v) is 2.23. The third kappa shape index (κ3) is 2.00. The van der Waals surface area contributed by atoms with E-state index in [-0.39, 0.29) is 5.91 Å². The van der Waals surface area contributed by atoms with Crippen LogP contribution >= 0.6 is 11.6 Å². The lowest BCUT2D eigenvalue weighted by Gasteiger charge is -2.17. The number of benzene rings is 1. The first kappa shape index (κ1) is 11.3. The largest absolute Gasteiger partial charge is 0.494 e. The van der Waals surface area contributed by atoms with E-state index >= 15 is 0 Å². The minimum Gasteiger partial charge on any atom is -0.494 e. The Balaban J connectivity index is 2.31. The van der Waals surface area contributed by atoms with Crippen LogP contribution in [0.25, 0.3) is 0 Å². The van der Waals surface area contributed by atoms with E-state index < -0.39 is 0 Å². The second-order valence-corrected chi connectivity index (χ2v) is 4.23. The van der Waals surface area contributed by atoms with Crippen LogP contribution in [0.1, 0.15) is 23.2 Å². The Morgan fingerprint density at radius 1 is 1.38 bits per heavy atom. The Bertz CT molecular complexity index is 400. The predicted octanol–water partition coefficient (Wildman–Crippen LogP) is 2.58. The molecule has 4 heteroatoms. The van der Waals surface area contributed by atoms with Gasteiger partial charge in [-0.05, 0) is 25.0 Å². The second kappa shape index (κ2) is 4.74. The van der Waals surface area contributed by atoms with Gasteiger partial charge in [0.25, 0.3) is 5.91 Å². The molecule has 2 rings (SSSR count). The van der Waals surface area contributed by atoms with Crippen molar-refractivity contribution in [1.82, 2.24) is 4.90 Å². The summed E-state index contributed by atoms with van der Waals surface area (Å²) in [6.45, 7) is 1.66. The number of para-hydroxylation sites is 1. The molecule has 1 aliphatic heterocycles. The molecule has 0 aliphatic carbocycles. The fourth-order valence-electron chi connectivity index (χ4n) is 1.98. The van der Waals surface area contributed by atoms with Crippen LogP contribution in [0, 0.1) is 0 Å². The minimum atomic E-state index is 0.0110. The number of amides is 1. The Morgan fingerprint density at radius 3 is 2.69 bits per heavy atom. The van der Waals surface area contributed by atoms with Gasteiger partial charge in [0.05, 0.1) is 17.7 Å². The van der Waals surface area contributed by atoms with Gasteiger partial charge in [-0.15, -0.1) is 0 Å². The summed E-state index contributed by atoms with van der Waals surface area (Å²) in [6, 6.07) is 5.25. The zero-order chi connectivity index (χ0) is 11.5. The predicted molar refractivity (Wildman–Crippen MR) is 63.1 cm³/mol. The number of rotatable bonds is 2. The van der Waals surface area contributed by atoms with Crippen molar-refractivity contribution in [3.63, 3.8) is 0 Å². The first-order valence-corrected chi connectivity index (χ1v) is 5.73. The molecule has 1 aromatic carbocycles. The highest BCUT2D eigenvalue weighted by molar-refractivity contribution is 6.32. The molecular weight excluding hydrogens is 226 g/mol. The van der Waals surface area contributed by atoms with Crippen molar-refractivity contribution in [2.45, 2.75) is 12.8 Å². The number of halogens is 1. The van der Waals surface area contributed by atoms with E-state index in [1.54, 1.807) is 18.2 Å². The summed E-state index contributed by atoms with van der Waals surface area (Å²) in [6.07, 6.45) is 2.16. The lowest BCUT2D eigenvalue weighted by atomic mass is 10.1. The maximum absolute atomic E-state index is 12.2. The first-order chi connectivity index (χ1) is 7.74. The SMILES string of the molecule is COc1c(Cl)cccc1C(=O)N1CCCC1. The van der Waals surface area contributed by atoms with E-state index in [1.807, 2.05) is 4.90 Å². The summed E-state index contributed by atoms with van der Waals surface area (Å²) >= 11 is 5.98. The van der Waals surface area contributed by atoms with Gasteiger partial charge >= 0.3 is 0 Å². The molecule has 0 atom stereocenters. The molecule has 86 valence electrons. The van der Waals surface area contributed by atoms with Crippen LogP contribution in [-0.2, 0) is 0 Å². The lowest BCUT2D eigenvalue weighted by Crippen LogP contribution is -2.27. The van der Waals surface area contributed by atoms with Crippen molar-refractivity contribution in [2.75, 3.05) is 20.2 Å². The molecule has 1 saturated heterocycles. The summed E-state index contributed by atoms with van der Waals surface area (Å²) in [7, 11) is 1.53. The van der Waals surface area contributed by atoms with Gasteiger partial charge in [-0.1, -0.05) is 17.7 Å². The number of likely N-dealkylation sites (tertiary alicyclic amines) is 1. The quantitative estimate of drug-likeness (QED) is 0.794. The van der Waals surface area contributed by atoms with Gasteiger partial charge in [0.1, 0.15) is 5.75 Å². The highest BCUT2D eigenvalue weighted by Crippen LogP contribution is 2.29. The Kier molecular flexibility index (Phi) is 3.34. The summed E-state index contributed by atoms with van der Waals surface area (Å²) in [5.41, 5.74) is 0.553. The van der Waals surface area contributed by atoms with Crippen LogP contribution < -0.4 is 4.74 Å². The maximum atomic E-state index is 12.2. The molecule has 0 spiro atoms. The molecule has 0 unspecified atom stereocenters. The molecule has 0 N–H and O–H groups in total. The van der Waals surface area contributed by atoms with Gasteiger partial charge in [-0.3, -0.25) is 4.79 Å². The zero-order valence-corrected chi connectivity index (χ0v) is 9.96. The Labute approximate surface area is 100.0 Å². The van der Waals surface area contributed by atoms with Crippen LogP contribution in [-0.4, -0.2) is 31.0 Å². The third-order valence-corrected chi connectivity index (χ3v) is 3.09. The molecule has 1 amide bonds. The minimum absolute atomic E-state index is 0.0110. The normalized spacial score (nSPS) is 15.2. The molecule has 1 aromatic rings. The van der Waals surface area contributed by atoms with E-state index in [0.717, 1.165) is 25.9 Å². The lowest BCUT2D eigenvalue weighted by molar-refractivity contribution is 0.0789. The first-order valence-electron chi connectivity index (χ1n) is 5.36. The molecule has 3 nitrogen and oxygen atoms in total. The zero-order valence-electron chi connectivity index (χ0n) is 9.20. The number of ether oxygens (including phenoxy) is 1. The number of hydrogen-bond donors (Lipinski definition) is 0. The van der Waals surface area contributed by atoms with Crippen molar-refractivity contribution in [3.8, 4) is 5.75 Å². The molecule has 0 bridgehead atoms. The van der Waals surface area contributed by atoms with Crippen molar-refractivity contribution >= 4 is 17.5 Å². The topological polar surface area (TPSA) is 29.5 Å². The monoisotopic (exact) mass is 239 g/mol. The van der Waals surface area contributed by atoms with Crippen molar-refractivity contribution < 1.29 is 9.53 Å². The molecular formula is C12H14ClNO2. The molecule has 0 saturated carbocycles. The van der Waals surface area contributed by atoms with Crippen LogP contribution in [0.2, 0.25) is 5.02 Å². The molecule has 1 aliphatic rings. The number of hydrogen-bond acceptors (Lipinski definition) is 2. The van der Waals surface area contributed by atoms with Gasteiger partial charge in [0.15, 0.2) is 0 Å². The Morgan fingerprint density at radius 2 is 2.06 bits per heavy atom. The van der Waals surface area contributed by atoms with E-state index in [0.29, 0.717) is 16.3 Å². The Hall–Kier alpha value is -1.22. The number of nitrogens with zero attached hydrogens (tertiary/aromatic N) is 1. The maximum Gasteiger partial charge on any atom is 0.257 e. The van der Waals surface area contributed by atoms with E-state index in [9.17, 15) is 4.79 Å². The van der Waals surface area contributed by atoms with Gasteiger partial charge in [-0.2, -0.15) is 0 Å². The molecule has 0 radical (unpaired) electrons.